The molecule has 0 aliphatic carbocycles. The zero-order chi connectivity index (χ0) is 19.3. The van der Waals surface area contributed by atoms with Gasteiger partial charge in [-0.15, -0.1) is 0 Å². The Hall–Kier alpha value is -2.55. The Morgan fingerprint density at radius 3 is 2.48 bits per heavy atom. The summed E-state index contributed by atoms with van der Waals surface area (Å²) in [5, 5.41) is 12.2. The second-order valence-corrected chi connectivity index (χ2v) is 8.42. The van der Waals surface area contributed by atoms with Crippen LogP contribution in [0.2, 0.25) is 0 Å². The molecule has 0 spiro atoms. The molecule has 1 unspecified atom stereocenters. The normalized spacial score (nSPS) is 12.5. The molecule has 1 atom stereocenters. The van der Waals surface area contributed by atoms with Gasteiger partial charge in [0.05, 0.1) is 23.1 Å². The predicted molar refractivity (Wildman–Crippen MR) is 105 cm³/mol. The molecule has 0 aliphatic rings. The van der Waals surface area contributed by atoms with E-state index in [1.165, 1.54) is 12.1 Å². The molecule has 0 bridgehead atoms. The van der Waals surface area contributed by atoms with Crippen LogP contribution in [0.1, 0.15) is 22.9 Å². The van der Waals surface area contributed by atoms with E-state index in [4.69, 9.17) is 5.14 Å². The molecule has 8 heteroatoms. The molecule has 0 saturated heterocycles. The number of aromatic nitrogens is 1. The van der Waals surface area contributed by atoms with Crippen LogP contribution in [0.4, 0.5) is 0 Å². The minimum Gasteiger partial charge on any atom is -0.347 e. The quantitative estimate of drug-likeness (QED) is 0.635. The zero-order valence-corrected chi connectivity index (χ0v) is 16.0. The average Bonchev–Trinajstić information content (AvgIpc) is 3.15. The number of nitrogens with one attached hydrogen (secondary N) is 1. The third kappa shape index (κ3) is 5.46. The van der Waals surface area contributed by atoms with Crippen molar-refractivity contribution in [2.45, 2.75) is 23.8 Å². The maximum Gasteiger partial charge on any atom is 0.238 e. The van der Waals surface area contributed by atoms with Crippen molar-refractivity contribution in [3.63, 3.8) is 0 Å². The van der Waals surface area contributed by atoms with Gasteiger partial charge >= 0.3 is 0 Å². The molecule has 1 aromatic carbocycles. The Balaban J connectivity index is 1.70. The lowest BCUT2D eigenvalue weighted by Crippen LogP contribution is -2.31. The summed E-state index contributed by atoms with van der Waals surface area (Å²) in [6.45, 7) is 0. The van der Waals surface area contributed by atoms with E-state index in [0.29, 0.717) is 12.0 Å². The van der Waals surface area contributed by atoms with Crippen molar-refractivity contribution in [3.8, 4) is 0 Å². The maximum atomic E-state index is 12.5. The second kappa shape index (κ2) is 8.43. The molecule has 1 amide bonds. The van der Waals surface area contributed by atoms with Crippen LogP contribution in [-0.4, -0.2) is 19.3 Å². The van der Waals surface area contributed by atoms with Gasteiger partial charge in [-0.2, -0.15) is 11.3 Å². The van der Waals surface area contributed by atoms with Gasteiger partial charge < -0.3 is 5.32 Å². The summed E-state index contributed by atoms with van der Waals surface area (Å²) in [5.74, 6) is -0.163. The Morgan fingerprint density at radius 1 is 1.11 bits per heavy atom. The van der Waals surface area contributed by atoms with E-state index >= 15 is 0 Å². The molecular formula is C19H19N3O3S2. The molecule has 140 valence electrons. The first-order valence-electron chi connectivity index (χ1n) is 8.25. The summed E-state index contributed by atoms with van der Waals surface area (Å²) in [6, 6.07) is 13.4. The van der Waals surface area contributed by atoms with E-state index in [1.54, 1.807) is 29.7 Å². The Labute approximate surface area is 162 Å². The third-order valence-corrected chi connectivity index (χ3v) is 5.68. The first-order valence-corrected chi connectivity index (χ1v) is 10.7. The number of hydrogen-bond acceptors (Lipinski definition) is 5. The molecule has 6 nitrogen and oxygen atoms in total. The van der Waals surface area contributed by atoms with Gasteiger partial charge in [0.15, 0.2) is 0 Å². The topological polar surface area (TPSA) is 102 Å². The van der Waals surface area contributed by atoms with Crippen LogP contribution >= 0.6 is 11.3 Å². The molecule has 0 saturated carbocycles. The SMILES string of the molecule is NS(=O)(=O)c1ccc(CC(=O)NC(Cc2ccsc2)c2ccccn2)cc1. The third-order valence-electron chi connectivity index (χ3n) is 4.02. The van der Waals surface area contributed by atoms with Crippen molar-refractivity contribution in [1.82, 2.24) is 10.3 Å². The number of primary sulfonamides is 1. The maximum absolute atomic E-state index is 12.5. The fourth-order valence-corrected chi connectivity index (χ4v) is 3.88. The summed E-state index contributed by atoms with van der Waals surface area (Å²) >= 11 is 1.61. The van der Waals surface area contributed by atoms with E-state index in [2.05, 4.69) is 10.3 Å². The molecule has 2 heterocycles. The second-order valence-electron chi connectivity index (χ2n) is 6.08. The largest absolute Gasteiger partial charge is 0.347 e. The van der Waals surface area contributed by atoms with Crippen molar-refractivity contribution in [3.05, 3.63) is 82.3 Å². The molecular weight excluding hydrogens is 382 g/mol. The number of nitrogens with two attached hydrogens (primary N) is 1. The summed E-state index contributed by atoms with van der Waals surface area (Å²) in [5.41, 5.74) is 2.63. The standard InChI is InChI=1S/C19H19N3O3S2/c20-27(24,25)16-6-4-14(5-7-16)12-19(23)22-18(11-15-8-10-26-13-15)17-3-1-2-9-21-17/h1-10,13,18H,11-12H2,(H,22,23)(H2,20,24,25). The van der Waals surface area contributed by atoms with Crippen LogP contribution in [0.25, 0.3) is 0 Å². The van der Waals surface area contributed by atoms with Crippen LogP contribution in [0, 0.1) is 0 Å². The number of carbonyl (C=O) groups is 1. The summed E-state index contributed by atoms with van der Waals surface area (Å²) in [6.07, 6.45) is 2.49. The molecule has 0 fully saturated rings. The molecule has 3 rings (SSSR count). The lowest BCUT2D eigenvalue weighted by molar-refractivity contribution is -0.121. The van der Waals surface area contributed by atoms with Crippen molar-refractivity contribution >= 4 is 27.3 Å². The molecule has 0 radical (unpaired) electrons. The van der Waals surface area contributed by atoms with Crippen LogP contribution in [0.15, 0.2) is 70.4 Å². The van der Waals surface area contributed by atoms with Gasteiger partial charge in [-0.1, -0.05) is 18.2 Å². The number of hydrogen-bond donors (Lipinski definition) is 2. The molecule has 3 aromatic rings. The number of pyridine rings is 1. The van der Waals surface area contributed by atoms with Gasteiger partial charge in [0, 0.05) is 6.20 Å². The highest BCUT2D eigenvalue weighted by Gasteiger charge is 2.17. The lowest BCUT2D eigenvalue weighted by atomic mass is 10.0. The first-order chi connectivity index (χ1) is 12.9. The molecule has 27 heavy (non-hydrogen) atoms. The van der Waals surface area contributed by atoms with Gasteiger partial charge in [-0.25, -0.2) is 13.6 Å². The smallest absolute Gasteiger partial charge is 0.238 e. The fourth-order valence-electron chi connectivity index (χ4n) is 2.68. The van der Waals surface area contributed by atoms with E-state index in [-0.39, 0.29) is 23.3 Å². The minimum atomic E-state index is -3.74. The Bertz CT molecular complexity index is 986. The number of amides is 1. The van der Waals surface area contributed by atoms with Gasteiger partial charge in [-0.3, -0.25) is 9.78 Å². The molecule has 2 aromatic heterocycles. The number of sulfonamides is 1. The predicted octanol–water partition coefficient (Wildman–Crippen LogP) is 2.43. The number of thiophene rings is 1. The molecule has 0 aliphatic heterocycles. The van der Waals surface area contributed by atoms with E-state index in [0.717, 1.165) is 11.3 Å². The highest BCUT2D eigenvalue weighted by Crippen LogP contribution is 2.19. The summed E-state index contributed by atoms with van der Waals surface area (Å²) in [4.78, 5) is 16.9. The van der Waals surface area contributed by atoms with Crippen molar-refractivity contribution in [2.24, 2.45) is 5.14 Å². The summed E-state index contributed by atoms with van der Waals surface area (Å²) < 4.78 is 22.6. The first kappa shape index (κ1) is 19.2. The van der Waals surface area contributed by atoms with Crippen LogP contribution in [0.3, 0.4) is 0 Å². The van der Waals surface area contributed by atoms with E-state index in [9.17, 15) is 13.2 Å². The van der Waals surface area contributed by atoms with Gasteiger partial charge in [0.25, 0.3) is 0 Å². The monoisotopic (exact) mass is 401 g/mol. The summed E-state index contributed by atoms with van der Waals surface area (Å²) in [7, 11) is -3.74. The number of rotatable bonds is 7. The zero-order valence-electron chi connectivity index (χ0n) is 14.4. The lowest BCUT2D eigenvalue weighted by Gasteiger charge is -2.18. The fraction of sp³-hybridized carbons (Fsp3) is 0.158. The number of benzene rings is 1. The minimum absolute atomic E-state index is 0.0236. The highest BCUT2D eigenvalue weighted by molar-refractivity contribution is 7.89. The van der Waals surface area contributed by atoms with Crippen molar-refractivity contribution in [1.29, 1.82) is 0 Å². The van der Waals surface area contributed by atoms with Gasteiger partial charge in [0.1, 0.15) is 0 Å². The Kier molecular flexibility index (Phi) is 6.00. The van der Waals surface area contributed by atoms with Crippen LogP contribution in [-0.2, 0) is 27.7 Å². The van der Waals surface area contributed by atoms with Gasteiger partial charge in [0.2, 0.25) is 15.9 Å². The van der Waals surface area contributed by atoms with Crippen molar-refractivity contribution in [2.75, 3.05) is 0 Å². The van der Waals surface area contributed by atoms with E-state index in [1.807, 2.05) is 35.0 Å². The number of carbonyl (C=O) groups excluding carboxylic acids is 1. The van der Waals surface area contributed by atoms with Gasteiger partial charge in [-0.05, 0) is 58.6 Å². The van der Waals surface area contributed by atoms with Crippen LogP contribution < -0.4 is 10.5 Å². The molecule has 3 N–H and O–H groups in total. The van der Waals surface area contributed by atoms with Crippen molar-refractivity contribution < 1.29 is 13.2 Å². The Morgan fingerprint density at radius 2 is 1.89 bits per heavy atom. The number of nitrogens with zero attached hydrogens (tertiary/aromatic N) is 1. The average molecular weight is 402 g/mol. The van der Waals surface area contributed by atoms with E-state index < -0.39 is 10.0 Å². The van der Waals surface area contributed by atoms with Crippen LogP contribution in [0.5, 0.6) is 0 Å². The highest BCUT2D eigenvalue weighted by atomic mass is 32.2.